The average molecular weight is 201 g/mol. The maximum atomic E-state index is 11.2. The van der Waals surface area contributed by atoms with E-state index in [2.05, 4.69) is 0 Å². The summed E-state index contributed by atoms with van der Waals surface area (Å²) in [5, 5.41) is 1.10. The molecule has 0 saturated heterocycles. The molecular formula is C8H11NO3S. The Morgan fingerprint density at radius 3 is 2.62 bits per heavy atom. The van der Waals surface area contributed by atoms with E-state index in [9.17, 15) is 8.42 Å². The Morgan fingerprint density at radius 2 is 2.15 bits per heavy atom. The molecule has 0 unspecified atom stereocenters. The van der Waals surface area contributed by atoms with E-state index in [0.29, 0.717) is 5.76 Å². The summed E-state index contributed by atoms with van der Waals surface area (Å²) in [5.74, 6) is 0.519. The molecule has 0 aliphatic heterocycles. The second kappa shape index (κ2) is 3.76. The quantitative estimate of drug-likeness (QED) is 0.737. The number of hydrogen-bond donors (Lipinski definition) is 0. The zero-order chi connectivity index (χ0) is 9.90. The van der Waals surface area contributed by atoms with Gasteiger partial charge in [-0.1, -0.05) is 0 Å². The first-order valence-corrected chi connectivity index (χ1v) is 5.17. The first-order chi connectivity index (χ1) is 6.02. The van der Waals surface area contributed by atoms with E-state index in [1.165, 1.54) is 26.4 Å². The lowest BCUT2D eigenvalue weighted by molar-refractivity contribution is 0.530. The van der Waals surface area contributed by atoms with Crippen molar-refractivity contribution in [3.63, 3.8) is 0 Å². The predicted molar refractivity (Wildman–Crippen MR) is 50.3 cm³/mol. The molecule has 5 heteroatoms. The van der Waals surface area contributed by atoms with Crippen LogP contribution in [0.2, 0.25) is 0 Å². The van der Waals surface area contributed by atoms with Crippen LogP contribution in [0.4, 0.5) is 0 Å². The number of hydrogen-bond acceptors (Lipinski definition) is 3. The predicted octanol–water partition coefficient (Wildman–Crippen LogP) is 1.14. The van der Waals surface area contributed by atoms with Crippen LogP contribution in [-0.4, -0.2) is 26.8 Å². The van der Waals surface area contributed by atoms with Crippen molar-refractivity contribution in [2.75, 3.05) is 14.1 Å². The summed E-state index contributed by atoms with van der Waals surface area (Å²) >= 11 is 0. The fourth-order valence-corrected chi connectivity index (χ4v) is 1.21. The molecule has 0 fully saturated rings. The highest BCUT2D eigenvalue weighted by atomic mass is 32.2. The molecule has 4 nitrogen and oxygen atoms in total. The second-order valence-corrected chi connectivity index (χ2v) is 4.68. The molecule has 0 N–H and O–H groups in total. The monoisotopic (exact) mass is 201 g/mol. The van der Waals surface area contributed by atoms with Crippen molar-refractivity contribution in [2.45, 2.75) is 0 Å². The van der Waals surface area contributed by atoms with Gasteiger partial charge in [-0.05, 0) is 18.2 Å². The molecule has 0 amide bonds. The highest BCUT2D eigenvalue weighted by Gasteiger charge is 2.07. The van der Waals surface area contributed by atoms with Crippen LogP contribution in [-0.2, 0) is 10.0 Å². The van der Waals surface area contributed by atoms with E-state index >= 15 is 0 Å². The maximum absolute atomic E-state index is 11.2. The maximum Gasteiger partial charge on any atom is 0.235 e. The normalized spacial score (nSPS) is 12.8. The van der Waals surface area contributed by atoms with Gasteiger partial charge in [-0.15, -0.1) is 0 Å². The summed E-state index contributed by atoms with van der Waals surface area (Å²) < 4.78 is 28.5. The molecule has 13 heavy (non-hydrogen) atoms. The fraction of sp³-hybridized carbons (Fsp3) is 0.250. The van der Waals surface area contributed by atoms with Gasteiger partial charge in [0, 0.05) is 19.5 Å². The summed E-state index contributed by atoms with van der Waals surface area (Å²) in [6.07, 6.45) is 2.90. The molecular weight excluding hydrogens is 190 g/mol. The molecule has 0 atom stereocenters. The Kier molecular flexibility index (Phi) is 2.90. The molecule has 0 saturated carbocycles. The Hall–Kier alpha value is -1.07. The van der Waals surface area contributed by atoms with E-state index in [-0.39, 0.29) is 0 Å². The molecule has 0 spiro atoms. The SMILES string of the molecule is CN(C)S(=O)(=O)/C=C/c1ccco1. The van der Waals surface area contributed by atoms with Crippen molar-refractivity contribution in [3.05, 3.63) is 29.6 Å². The number of sulfonamides is 1. The molecule has 1 heterocycles. The second-order valence-electron chi connectivity index (χ2n) is 2.65. The molecule has 0 aliphatic rings. The first kappa shape index (κ1) is 10.0. The molecule has 1 rings (SSSR count). The molecule has 72 valence electrons. The van der Waals surface area contributed by atoms with E-state index in [1.807, 2.05) is 0 Å². The van der Waals surface area contributed by atoms with Crippen LogP contribution >= 0.6 is 0 Å². The summed E-state index contributed by atoms with van der Waals surface area (Å²) in [6.45, 7) is 0. The lowest BCUT2D eigenvalue weighted by Gasteiger charge is -2.05. The number of furan rings is 1. The van der Waals surface area contributed by atoms with Gasteiger partial charge in [-0.3, -0.25) is 0 Å². The van der Waals surface area contributed by atoms with E-state index < -0.39 is 10.0 Å². The van der Waals surface area contributed by atoms with Gasteiger partial charge in [0.2, 0.25) is 10.0 Å². The van der Waals surface area contributed by atoms with Crippen LogP contribution in [0.3, 0.4) is 0 Å². The van der Waals surface area contributed by atoms with Crippen molar-refractivity contribution in [2.24, 2.45) is 0 Å². The molecule has 0 bridgehead atoms. The van der Waals surface area contributed by atoms with E-state index in [4.69, 9.17) is 4.42 Å². The topological polar surface area (TPSA) is 50.5 Å². The Bertz CT molecular complexity index is 376. The minimum absolute atomic E-state index is 0.519. The third kappa shape index (κ3) is 2.71. The lowest BCUT2D eigenvalue weighted by Crippen LogP contribution is -2.19. The number of nitrogens with zero attached hydrogens (tertiary/aromatic N) is 1. The van der Waals surface area contributed by atoms with Gasteiger partial charge >= 0.3 is 0 Å². The summed E-state index contributed by atoms with van der Waals surface area (Å²) in [6, 6.07) is 3.38. The van der Waals surface area contributed by atoms with Crippen molar-refractivity contribution < 1.29 is 12.8 Å². The van der Waals surface area contributed by atoms with Crippen LogP contribution in [0.15, 0.2) is 28.2 Å². The molecule has 1 aromatic heterocycles. The number of rotatable bonds is 3. The molecule has 0 aromatic carbocycles. The van der Waals surface area contributed by atoms with Crippen molar-refractivity contribution >= 4 is 16.1 Å². The van der Waals surface area contributed by atoms with Gasteiger partial charge in [-0.2, -0.15) is 0 Å². The van der Waals surface area contributed by atoms with Gasteiger partial charge in [-0.25, -0.2) is 12.7 Å². The third-order valence-corrected chi connectivity index (χ3v) is 2.95. The van der Waals surface area contributed by atoms with Gasteiger partial charge in [0.25, 0.3) is 0 Å². The minimum Gasteiger partial charge on any atom is -0.465 e. The van der Waals surface area contributed by atoms with Crippen LogP contribution in [0, 0.1) is 0 Å². The van der Waals surface area contributed by atoms with Gasteiger partial charge in [0.05, 0.1) is 6.26 Å². The molecule has 0 aliphatic carbocycles. The van der Waals surface area contributed by atoms with Crippen molar-refractivity contribution in [1.82, 2.24) is 4.31 Å². The van der Waals surface area contributed by atoms with Gasteiger partial charge in [0.1, 0.15) is 5.76 Å². The molecule has 0 radical (unpaired) electrons. The van der Waals surface area contributed by atoms with Crippen molar-refractivity contribution in [1.29, 1.82) is 0 Å². The molecule has 1 aromatic rings. The summed E-state index contributed by atoms with van der Waals surface area (Å²) in [7, 11) is -0.333. The third-order valence-electron chi connectivity index (χ3n) is 1.46. The Morgan fingerprint density at radius 1 is 1.46 bits per heavy atom. The Balaban J connectivity index is 2.81. The van der Waals surface area contributed by atoms with Gasteiger partial charge < -0.3 is 4.42 Å². The standard InChI is InChI=1S/C8H11NO3S/c1-9(2)13(10,11)7-5-8-4-3-6-12-8/h3-7H,1-2H3/b7-5+. The summed E-state index contributed by atoms with van der Waals surface area (Å²) in [5.41, 5.74) is 0. The van der Waals surface area contributed by atoms with Crippen LogP contribution < -0.4 is 0 Å². The van der Waals surface area contributed by atoms with Gasteiger partial charge in [0.15, 0.2) is 0 Å². The van der Waals surface area contributed by atoms with Crippen LogP contribution in [0.25, 0.3) is 6.08 Å². The fourth-order valence-electron chi connectivity index (χ4n) is 0.661. The van der Waals surface area contributed by atoms with Crippen LogP contribution in [0.5, 0.6) is 0 Å². The summed E-state index contributed by atoms with van der Waals surface area (Å²) in [4.78, 5) is 0. The zero-order valence-corrected chi connectivity index (χ0v) is 8.28. The zero-order valence-electron chi connectivity index (χ0n) is 7.47. The highest BCUT2D eigenvalue weighted by molar-refractivity contribution is 7.92. The lowest BCUT2D eigenvalue weighted by atomic mass is 10.5. The van der Waals surface area contributed by atoms with E-state index in [1.54, 1.807) is 12.1 Å². The smallest absolute Gasteiger partial charge is 0.235 e. The van der Waals surface area contributed by atoms with E-state index in [0.717, 1.165) is 9.71 Å². The highest BCUT2D eigenvalue weighted by Crippen LogP contribution is 2.05. The average Bonchev–Trinajstić information content (AvgIpc) is 2.52. The Labute approximate surface area is 77.5 Å². The largest absolute Gasteiger partial charge is 0.465 e. The van der Waals surface area contributed by atoms with Crippen molar-refractivity contribution in [3.8, 4) is 0 Å². The first-order valence-electron chi connectivity index (χ1n) is 3.66. The van der Waals surface area contributed by atoms with Crippen LogP contribution in [0.1, 0.15) is 5.76 Å². The minimum atomic E-state index is -3.28.